The van der Waals surface area contributed by atoms with Crippen LogP contribution in [0.5, 0.6) is 11.6 Å². The molecule has 28 heavy (non-hydrogen) atoms. The number of piperidine rings is 1. The largest absolute Gasteiger partial charge is 0.439 e. The third kappa shape index (κ3) is 6.49. The molecule has 1 aromatic heterocycles. The lowest BCUT2D eigenvalue weighted by Gasteiger charge is -2.30. The van der Waals surface area contributed by atoms with Crippen molar-refractivity contribution in [1.82, 2.24) is 15.2 Å². The molecule has 0 unspecified atom stereocenters. The van der Waals surface area contributed by atoms with Crippen molar-refractivity contribution >= 4 is 11.7 Å². The highest BCUT2D eigenvalue weighted by atomic mass is 19.1. The SMILES string of the molecule is CC1CCN(CCCNC(=O)Nc2ccc(Oc3ccc(F)cc3)nc2)CC1. The van der Waals surface area contributed by atoms with E-state index in [4.69, 9.17) is 4.74 Å². The highest BCUT2D eigenvalue weighted by Gasteiger charge is 2.14. The number of amides is 2. The van der Waals surface area contributed by atoms with Crippen LogP contribution in [-0.4, -0.2) is 42.1 Å². The first kappa shape index (κ1) is 20.1. The molecule has 3 rings (SSSR count). The zero-order chi connectivity index (χ0) is 19.8. The van der Waals surface area contributed by atoms with Crippen molar-refractivity contribution in [3.63, 3.8) is 0 Å². The Morgan fingerprint density at radius 3 is 2.64 bits per heavy atom. The number of carbonyl (C=O) groups excluding carboxylic acids is 1. The number of carbonyl (C=O) groups is 1. The average Bonchev–Trinajstić information content (AvgIpc) is 2.70. The van der Waals surface area contributed by atoms with Crippen molar-refractivity contribution in [3.8, 4) is 11.6 Å². The number of pyridine rings is 1. The third-order valence-corrected chi connectivity index (χ3v) is 4.84. The summed E-state index contributed by atoms with van der Waals surface area (Å²) in [5.41, 5.74) is 0.578. The van der Waals surface area contributed by atoms with E-state index in [1.54, 1.807) is 12.1 Å². The molecule has 150 valence electrons. The second-order valence-electron chi connectivity index (χ2n) is 7.20. The Kier molecular flexibility index (Phi) is 7.19. The van der Waals surface area contributed by atoms with E-state index in [9.17, 15) is 9.18 Å². The maximum atomic E-state index is 12.9. The summed E-state index contributed by atoms with van der Waals surface area (Å²) in [4.78, 5) is 18.6. The number of ether oxygens (including phenoxy) is 1. The number of benzene rings is 1. The van der Waals surface area contributed by atoms with Crippen molar-refractivity contribution in [2.45, 2.75) is 26.2 Å². The van der Waals surface area contributed by atoms with Gasteiger partial charge in [-0.25, -0.2) is 14.2 Å². The van der Waals surface area contributed by atoms with E-state index in [-0.39, 0.29) is 11.8 Å². The molecular weight excluding hydrogens is 359 g/mol. The number of halogens is 1. The summed E-state index contributed by atoms with van der Waals surface area (Å²) in [6, 6.07) is 8.81. The monoisotopic (exact) mass is 386 g/mol. The second-order valence-corrected chi connectivity index (χ2v) is 7.20. The van der Waals surface area contributed by atoms with Crippen LogP contribution in [0.1, 0.15) is 26.2 Å². The number of urea groups is 1. The number of hydrogen-bond donors (Lipinski definition) is 2. The standard InChI is InChI=1S/C21H27FN4O2/c1-16-9-13-26(14-10-16)12-2-11-23-21(27)25-18-5-8-20(24-15-18)28-19-6-3-17(22)4-7-19/h3-8,15-16H,2,9-14H2,1H3,(H2,23,25,27). The Morgan fingerprint density at radius 1 is 1.21 bits per heavy atom. The van der Waals surface area contributed by atoms with Gasteiger partial charge in [-0.1, -0.05) is 6.92 Å². The maximum Gasteiger partial charge on any atom is 0.319 e. The van der Waals surface area contributed by atoms with Gasteiger partial charge < -0.3 is 20.3 Å². The molecule has 1 fully saturated rings. The molecule has 1 aliphatic rings. The van der Waals surface area contributed by atoms with Gasteiger partial charge in [0.15, 0.2) is 0 Å². The highest BCUT2D eigenvalue weighted by Crippen LogP contribution is 2.20. The van der Waals surface area contributed by atoms with E-state index >= 15 is 0 Å². The number of nitrogens with one attached hydrogen (secondary N) is 2. The summed E-state index contributed by atoms with van der Waals surface area (Å²) < 4.78 is 18.4. The fraction of sp³-hybridized carbons (Fsp3) is 0.429. The third-order valence-electron chi connectivity index (χ3n) is 4.84. The molecule has 2 heterocycles. The van der Waals surface area contributed by atoms with E-state index < -0.39 is 0 Å². The molecule has 2 aromatic rings. The van der Waals surface area contributed by atoms with Crippen LogP contribution < -0.4 is 15.4 Å². The van der Waals surface area contributed by atoms with E-state index in [2.05, 4.69) is 27.4 Å². The van der Waals surface area contributed by atoms with Gasteiger partial charge in [0.1, 0.15) is 11.6 Å². The fourth-order valence-electron chi connectivity index (χ4n) is 3.10. The Balaban J connectivity index is 1.35. The van der Waals surface area contributed by atoms with Gasteiger partial charge in [0, 0.05) is 12.6 Å². The molecule has 1 aromatic carbocycles. The maximum absolute atomic E-state index is 12.9. The van der Waals surface area contributed by atoms with Gasteiger partial charge in [-0.2, -0.15) is 0 Å². The van der Waals surface area contributed by atoms with Gasteiger partial charge in [-0.05, 0) is 75.1 Å². The first-order valence-corrected chi connectivity index (χ1v) is 9.75. The van der Waals surface area contributed by atoms with Crippen LogP contribution in [0.25, 0.3) is 0 Å². The Labute approximate surface area is 165 Å². The Bertz CT molecular complexity index is 744. The molecule has 7 heteroatoms. The minimum atomic E-state index is -0.323. The predicted molar refractivity (Wildman–Crippen MR) is 107 cm³/mol. The molecule has 1 saturated heterocycles. The number of rotatable bonds is 7. The number of likely N-dealkylation sites (tertiary alicyclic amines) is 1. The van der Waals surface area contributed by atoms with Crippen molar-refractivity contribution in [2.75, 3.05) is 31.5 Å². The van der Waals surface area contributed by atoms with Gasteiger partial charge in [-0.15, -0.1) is 0 Å². The molecule has 0 atom stereocenters. The lowest BCUT2D eigenvalue weighted by Crippen LogP contribution is -2.36. The normalized spacial score (nSPS) is 15.2. The molecule has 0 spiro atoms. The van der Waals surface area contributed by atoms with Crippen molar-refractivity contribution in [3.05, 3.63) is 48.4 Å². The van der Waals surface area contributed by atoms with Crippen molar-refractivity contribution < 1.29 is 13.9 Å². The second kappa shape index (κ2) is 10.0. The van der Waals surface area contributed by atoms with Crippen molar-refractivity contribution in [1.29, 1.82) is 0 Å². The highest BCUT2D eigenvalue weighted by molar-refractivity contribution is 5.88. The number of aromatic nitrogens is 1. The summed E-state index contributed by atoms with van der Waals surface area (Å²) >= 11 is 0. The topological polar surface area (TPSA) is 66.5 Å². The van der Waals surface area contributed by atoms with Crippen LogP contribution >= 0.6 is 0 Å². The Morgan fingerprint density at radius 2 is 1.96 bits per heavy atom. The van der Waals surface area contributed by atoms with Crippen LogP contribution in [0.2, 0.25) is 0 Å². The lowest BCUT2D eigenvalue weighted by molar-refractivity contribution is 0.190. The van der Waals surface area contributed by atoms with Gasteiger partial charge in [-0.3, -0.25) is 0 Å². The molecule has 0 radical (unpaired) electrons. The number of anilines is 1. The van der Waals surface area contributed by atoms with Crippen LogP contribution in [0.15, 0.2) is 42.6 Å². The molecule has 1 aliphatic heterocycles. The van der Waals surface area contributed by atoms with Gasteiger partial charge in [0.05, 0.1) is 11.9 Å². The molecular formula is C21H27FN4O2. The van der Waals surface area contributed by atoms with E-state index in [1.165, 1.54) is 43.3 Å². The summed E-state index contributed by atoms with van der Waals surface area (Å²) in [5, 5.41) is 5.62. The van der Waals surface area contributed by atoms with Crippen molar-refractivity contribution in [2.24, 2.45) is 5.92 Å². The minimum absolute atomic E-state index is 0.249. The van der Waals surface area contributed by atoms with Crippen LogP contribution in [-0.2, 0) is 0 Å². The lowest BCUT2D eigenvalue weighted by atomic mass is 9.99. The average molecular weight is 386 g/mol. The van der Waals surface area contributed by atoms with Gasteiger partial charge >= 0.3 is 6.03 Å². The molecule has 6 nitrogen and oxygen atoms in total. The quantitative estimate of drug-likeness (QED) is 0.698. The molecule has 2 N–H and O–H groups in total. The van der Waals surface area contributed by atoms with Crippen LogP contribution in [0.3, 0.4) is 0 Å². The molecule has 0 bridgehead atoms. The first-order chi connectivity index (χ1) is 13.6. The van der Waals surface area contributed by atoms with Crippen LogP contribution in [0.4, 0.5) is 14.9 Å². The Hall–Kier alpha value is -2.67. The summed E-state index contributed by atoms with van der Waals surface area (Å²) in [6.45, 7) is 6.28. The predicted octanol–water partition coefficient (Wildman–Crippen LogP) is 4.26. The van der Waals surface area contributed by atoms with E-state index in [0.717, 1.165) is 32.0 Å². The van der Waals surface area contributed by atoms with Crippen LogP contribution in [0, 0.1) is 11.7 Å². The van der Waals surface area contributed by atoms with Gasteiger partial charge in [0.25, 0.3) is 0 Å². The minimum Gasteiger partial charge on any atom is -0.439 e. The molecule has 0 aliphatic carbocycles. The smallest absolute Gasteiger partial charge is 0.319 e. The van der Waals surface area contributed by atoms with Gasteiger partial charge in [0.2, 0.25) is 5.88 Å². The summed E-state index contributed by atoms with van der Waals surface area (Å²) in [6.07, 6.45) is 4.99. The van der Waals surface area contributed by atoms with E-state index in [1.807, 2.05) is 0 Å². The van der Waals surface area contributed by atoms with E-state index in [0.29, 0.717) is 23.9 Å². The zero-order valence-corrected chi connectivity index (χ0v) is 16.2. The summed E-state index contributed by atoms with van der Waals surface area (Å²) in [7, 11) is 0. The zero-order valence-electron chi connectivity index (χ0n) is 16.2. The first-order valence-electron chi connectivity index (χ1n) is 9.75. The number of nitrogens with zero attached hydrogens (tertiary/aromatic N) is 2. The molecule has 0 saturated carbocycles. The summed E-state index contributed by atoms with van der Waals surface area (Å²) in [5.74, 6) is 1.38. The fourth-order valence-corrected chi connectivity index (χ4v) is 3.10. The number of hydrogen-bond acceptors (Lipinski definition) is 4. The molecule has 2 amide bonds.